The fraction of sp³-hybridized carbons (Fsp3) is 0.864. The summed E-state index contributed by atoms with van der Waals surface area (Å²) in [5, 5.41) is 109. The number of hydrogen-bond acceptors (Lipinski definition) is 30. The van der Waals surface area contributed by atoms with Gasteiger partial charge in [0.05, 0.1) is 125 Å². The topological polar surface area (TPSA) is 526 Å². The fourth-order valence-electron chi connectivity index (χ4n) is 10.6. The maximum absolute atomic E-state index is 14.6. The molecule has 0 radical (unpaired) electrons. The van der Waals surface area contributed by atoms with Crippen LogP contribution in [0.3, 0.4) is 0 Å². The summed E-state index contributed by atoms with van der Waals surface area (Å²) >= 11 is 0. The minimum Gasteiger partial charge on any atom is -0.394 e. The van der Waals surface area contributed by atoms with Crippen molar-refractivity contribution in [3.8, 4) is 0 Å². The molecule has 16 unspecified atom stereocenters. The number of ether oxygens (including phenoxy) is 13. The van der Waals surface area contributed by atoms with Crippen LogP contribution >= 0.6 is 0 Å². The first-order valence-corrected chi connectivity index (χ1v) is 32.5. The zero-order valence-electron chi connectivity index (χ0n) is 55.4. The smallest absolute Gasteiger partial charge is 0.246 e. The molecule has 0 bridgehead atoms. The summed E-state index contributed by atoms with van der Waals surface area (Å²) in [6, 6.07) is -4.76. The normalized spacial score (nSPS) is 28.4. The summed E-state index contributed by atoms with van der Waals surface area (Å²) in [4.78, 5) is 105. The molecule has 560 valence electrons. The van der Waals surface area contributed by atoms with Gasteiger partial charge in [-0.05, 0) is 32.1 Å². The van der Waals surface area contributed by atoms with Gasteiger partial charge in [0.15, 0.2) is 18.9 Å². The van der Waals surface area contributed by atoms with Crippen LogP contribution in [0, 0.1) is 5.92 Å². The molecule has 0 spiro atoms. The predicted octanol–water partition coefficient (Wildman–Crippen LogP) is -9.39. The average Bonchev–Trinajstić information content (AvgIpc) is 0.829. The quantitative estimate of drug-likeness (QED) is 0.0252. The molecule has 38 heteroatoms. The minimum atomic E-state index is -1.49. The molecule has 8 amide bonds. The third-order valence-corrected chi connectivity index (χ3v) is 15.7. The van der Waals surface area contributed by atoms with Gasteiger partial charge in [-0.3, -0.25) is 38.4 Å². The molecule has 4 fully saturated rings. The van der Waals surface area contributed by atoms with Crippen molar-refractivity contribution in [3.05, 3.63) is 0 Å². The fourth-order valence-corrected chi connectivity index (χ4v) is 10.6. The zero-order chi connectivity index (χ0) is 71.2. The minimum absolute atomic E-state index is 0.0111. The highest BCUT2D eigenvalue weighted by Crippen LogP contribution is 2.28. The summed E-state index contributed by atoms with van der Waals surface area (Å²) in [7, 11) is 1.58. The number of aliphatic hydroxyl groups excluding tert-OH is 9. The molecule has 0 aromatic heterocycles. The van der Waals surface area contributed by atoms with Crippen LogP contribution in [0.25, 0.3) is 0 Å². The summed E-state index contributed by atoms with van der Waals surface area (Å²) < 4.78 is 72.3. The number of aliphatic hydroxyl groups is 9. The van der Waals surface area contributed by atoms with Gasteiger partial charge in [-0.25, -0.2) is 0 Å². The highest BCUT2D eigenvalue weighted by atomic mass is 16.7. The van der Waals surface area contributed by atoms with Crippen LogP contribution in [-0.2, 0) is 99.9 Å². The first kappa shape index (κ1) is 84.3. The summed E-state index contributed by atoms with van der Waals surface area (Å²) in [5.41, 5.74) is 0. The van der Waals surface area contributed by atoms with Gasteiger partial charge in [0.2, 0.25) is 47.3 Å². The molecule has 0 aromatic rings. The van der Waals surface area contributed by atoms with E-state index in [1.807, 2.05) is 0 Å². The van der Waals surface area contributed by atoms with Crippen molar-refractivity contribution in [1.29, 1.82) is 0 Å². The van der Waals surface area contributed by atoms with E-state index in [9.17, 15) is 84.3 Å². The standard InChI is InChI=1S/C59H104N8O30/c1-34(71)63-46-52(80)49(77)40(31-68)95-57(46)92-26-23-89-20-17-86-14-11-60-43(74)10-9-39(66-55(83)37-5-7-38(85-4)8-6-37)56(84)67(29-44(75)61-12-15-87-18-21-90-24-27-93-58-47(64-35(2)72)53(81)50(78)41(32-69)96-58)30-45(76)62-13-16-88-19-22-91-25-28-94-59-48(65-36(3)73)54(82)51(79)42(33-70)97-59/h37-42,46-54,57-59,68-70,77-82H,5-33H2,1-4H3,(H,60,74)(H,61,75)(H,62,76)(H,63,71)(H,64,72)(H,65,73)(H,66,83)/t37-,38-,39?,40?,41?,42?,46?,47?,48?,49?,50?,51?,52?,53?,54?,57?,58?,59?. The molecule has 1 saturated carbocycles. The number of nitrogens with one attached hydrogen (secondary N) is 7. The molecular weight excluding hydrogens is 1300 g/mol. The Bertz CT molecular complexity index is 2240. The highest BCUT2D eigenvalue weighted by Gasteiger charge is 2.48. The zero-order valence-corrected chi connectivity index (χ0v) is 55.4. The van der Waals surface area contributed by atoms with Gasteiger partial charge in [-0.1, -0.05) is 0 Å². The Morgan fingerprint density at radius 1 is 0.443 bits per heavy atom. The molecule has 4 rings (SSSR count). The van der Waals surface area contributed by atoms with Gasteiger partial charge in [0.25, 0.3) is 0 Å². The van der Waals surface area contributed by atoms with Crippen LogP contribution in [0.1, 0.15) is 59.3 Å². The molecule has 3 aliphatic heterocycles. The van der Waals surface area contributed by atoms with Gasteiger partial charge in [0, 0.05) is 59.9 Å². The number of nitrogens with zero attached hydrogens (tertiary/aromatic N) is 1. The van der Waals surface area contributed by atoms with Crippen molar-refractivity contribution in [3.63, 3.8) is 0 Å². The number of amides is 8. The SMILES string of the molecule is CO[C@H]1CC[C@H](C(=O)NC(CCC(=O)NCCOCCOCCOC2OC(CO)C(O)C(O)C2NC(C)=O)C(=O)N(CC(=O)NCCOCCOCCOC2OC(CO)C(O)C(O)C2NC(C)=O)CC(=O)NCCOCCOCCOC2OC(CO)C(O)C(O)C2NC(C)=O)CC1. The molecule has 3 saturated heterocycles. The number of carbonyl (C=O) groups excluding carboxylic acids is 8. The van der Waals surface area contributed by atoms with Crippen LogP contribution in [0.2, 0.25) is 0 Å². The molecule has 16 N–H and O–H groups in total. The number of methoxy groups -OCH3 is 1. The van der Waals surface area contributed by atoms with Crippen molar-refractivity contribution in [2.45, 2.75) is 163 Å². The Labute approximate surface area is 561 Å². The van der Waals surface area contributed by atoms with E-state index in [0.29, 0.717) is 25.7 Å². The number of carbonyl (C=O) groups is 8. The maximum Gasteiger partial charge on any atom is 0.246 e. The maximum atomic E-state index is 14.6. The second-order valence-corrected chi connectivity index (χ2v) is 23.1. The van der Waals surface area contributed by atoms with E-state index in [-0.39, 0.29) is 138 Å². The van der Waals surface area contributed by atoms with E-state index in [4.69, 9.17) is 61.6 Å². The van der Waals surface area contributed by atoms with E-state index >= 15 is 0 Å². The average molecular weight is 1410 g/mol. The first-order valence-electron chi connectivity index (χ1n) is 32.5. The lowest BCUT2D eigenvalue weighted by Crippen LogP contribution is -2.64. The number of rotatable bonds is 47. The molecule has 97 heavy (non-hydrogen) atoms. The second kappa shape index (κ2) is 47.1. The Hall–Kier alpha value is -5.12. The van der Waals surface area contributed by atoms with Crippen molar-refractivity contribution < 1.29 is 146 Å². The van der Waals surface area contributed by atoms with Gasteiger partial charge < -0.3 is 150 Å². The molecule has 0 aromatic carbocycles. The van der Waals surface area contributed by atoms with Crippen LogP contribution in [0.15, 0.2) is 0 Å². The Morgan fingerprint density at radius 3 is 1.08 bits per heavy atom. The summed E-state index contributed by atoms with van der Waals surface area (Å²) in [5.74, 6) is -5.26. The first-order chi connectivity index (χ1) is 46.5. The molecule has 1 aliphatic carbocycles. The molecule has 16 atom stereocenters. The number of hydrogen-bond donors (Lipinski definition) is 16. The third kappa shape index (κ3) is 30.7. The Kier molecular flexibility index (Phi) is 40.9. The lowest BCUT2D eigenvalue weighted by atomic mass is 9.86. The Morgan fingerprint density at radius 2 is 0.763 bits per heavy atom. The second-order valence-electron chi connectivity index (χ2n) is 23.1. The lowest BCUT2D eigenvalue weighted by molar-refractivity contribution is -0.272. The molecular formula is C59H104N8O30. The van der Waals surface area contributed by atoms with Crippen LogP contribution in [-0.4, -0.2) is 361 Å². The van der Waals surface area contributed by atoms with Crippen molar-refractivity contribution in [1.82, 2.24) is 42.1 Å². The van der Waals surface area contributed by atoms with Crippen LogP contribution in [0.5, 0.6) is 0 Å². The van der Waals surface area contributed by atoms with E-state index < -0.39 is 184 Å². The molecule has 3 heterocycles. The van der Waals surface area contributed by atoms with E-state index in [0.717, 1.165) is 4.90 Å². The van der Waals surface area contributed by atoms with Crippen molar-refractivity contribution in [2.75, 3.05) is 159 Å². The third-order valence-electron chi connectivity index (χ3n) is 15.7. The monoisotopic (exact) mass is 1400 g/mol. The molecule has 38 nitrogen and oxygen atoms in total. The lowest BCUT2D eigenvalue weighted by Gasteiger charge is -2.42. The summed E-state index contributed by atoms with van der Waals surface area (Å²) in [6.07, 6.45) is -14.5. The van der Waals surface area contributed by atoms with E-state index in [2.05, 4.69) is 37.2 Å². The molecule has 4 aliphatic rings. The summed E-state index contributed by atoms with van der Waals surface area (Å²) in [6.45, 7) is 0.712. The largest absolute Gasteiger partial charge is 0.394 e. The van der Waals surface area contributed by atoms with Crippen molar-refractivity contribution in [2.24, 2.45) is 5.92 Å². The van der Waals surface area contributed by atoms with Crippen LogP contribution in [0.4, 0.5) is 0 Å². The van der Waals surface area contributed by atoms with Gasteiger partial charge in [-0.15, -0.1) is 0 Å². The van der Waals surface area contributed by atoms with Gasteiger partial charge in [-0.2, -0.15) is 0 Å². The Balaban J connectivity index is 1.28. The van der Waals surface area contributed by atoms with Crippen LogP contribution < -0.4 is 37.2 Å². The van der Waals surface area contributed by atoms with Gasteiger partial charge in [0.1, 0.15) is 92.2 Å². The highest BCUT2D eigenvalue weighted by molar-refractivity contribution is 5.94. The van der Waals surface area contributed by atoms with Gasteiger partial charge >= 0.3 is 0 Å². The van der Waals surface area contributed by atoms with E-state index in [1.54, 1.807) is 7.11 Å². The van der Waals surface area contributed by atoms with E-state index in [1.165, 1.54) is 20.8 Å². The van der Waals surface area contributed by atoms with Crippen molar-refractivity contribution >= 4 is 47.3 Å². The predicted molar refractivity (Wildman–Crippen MR) is 328 cm³/mol.